The Morgan fingerprint density at radius 3 is 2.24 bits per heavy atom. The molecule has 4 amide bonds. The number of aliphatic hydroxyl groups is 1. The fourth-order valence-electron chi connectivity index (χ4n) is 10.5. The van der Waals surface area contributed by atoms with Crippen LogP contribution in [0.3, 0.4) is 0 Å². The van der Waals surface area contributed by atoms with Crippen molar-refractivity contribution in [1.29, 1.82) is 0 Å². The van der Waals surface area contributed by atoms with Crippen molar-refractivity contribution in [3.63, 3.8) is 0 Å². The number of benzene rings is 3. The van der Waals surface area contributed by atoms with Gasteiger partial charge >= 0.3 is 0 Å². The van der Waals surface area contributed by atoms with E-state index >= 15 is 0 Å². The molecular weight excluding hydrogens is 1110 g/mol. The number of nitrogens with one attached hydrogen (secondary N) is 2. The molecule has 0 radical (unpaired) electrons. The summed E-state index contributed by atoms with van der Waals surface area (Å²) in [5.74, 6) is 0.566. The van der Waals surface area contributed by atoms with Crippen molar-refractivity contribution < 1.29 is 48.0 Å². The summed E-state index contributed by atoms with van der Waals surface area (Å²) in [5.41, 5.74) is 9.64. The van der Waals surface area contributed by atoms with E-state index in [1.165, 1.54) is 21.1 Å². The highest BCUT2D eigenvalue weighted by Gasteiger charge is 2.46. The van der Waals surface area contributed by atoms with Gasteiger partial charge in [0, 0.05) is 78.0 Å². The molecule has 0 aliphatic carbocycles. The van der Waals surface area contributed by atoms with Crippen molar-refractivity contribution in [2.24, 2.45) is 10.9 Å². The molecule has 1 fully saturated rings. The van der Waals surface area contributed by atoms with Gasteiger partial charge < -0.3 is 49.2 Å². The van der Waals surface area contributed by atoms with E-state index in [9.17, 15) is 24.3 Å². The van der Waals surface area contributed by atoms with Crippen LogP contribution in [-0.2, 0) is 46.4 Å². The van der Waals surface area contributed by atoms with Gasteiger partial charge in [-0.2, -0.15) is 0 Å². The Balaban J connectivity index is 0.643. The van der Waals surface area contributed by atoms with Gasteiger partial charge in [-0.3, -0.25) is 28.7 Å². The number of β-amino-alcohol motifs (C(OH)–C–C–N with tert-alkyl or cyclic N) is 1. The molecule has 3 aliphatic heterocycles. The van der Waals surface area contributed by atoms with Crippen LogP contribution in [0.1, 0.15) is 106 Å². The number of carbonyl (C=O) groups is 4. The number of hydrogen-bond donors (Lipinski definition) is 3. The van der Waals surface area contributed by atoms with Crippen molar-refractivity contribution >= 4 is 63.6 Å². The minimum absolute atomic E-state index is 0.00415. The number of aromatic nitrogens is 4. The van der Waals surface area contributed by atoms with Crippen LogP contribution in [0.4, 0.5) is 0 Å². The number of thiazole rings is 1. The zero-order valence-electron chi connectivity index (χ0n) is 47.3. The van der Waals surface area contributed by atoms with Gasteiger partial charge in [-0.05, 0) is 87.4 Å². The number of fused-ring (bicyclic) bond motifs is 4. The van der Waals surface area contributed by atoms with Crippen LogP contribution >= 0.6 is 34.3 Å². The highest BCUT2D eigenvalue weighted by Crippen LogP contribution is 2.40. The highest BCUT2D eigenvalue weighted by atomic mass is 35.5. The lowest BCUT2D eigenvalue weighted by Gasteiger charge is -2.35. The average Bonchev–Trinajstić information content (AvgIpc) is 3.08. The predicted molar refractivity (Wildman–Crippen MR) is 314 cm³/mol. The Morgan fingerprint density at radius 1 is 0.841 bits per heavy atom. The third-order valence-electron chi connectivity index (χ3n) is 14.8. The van der Waals surface area contributed by atoms with Crippen molar-refractivity contribution in [1.82, 2.24) is 40.2 Å². The van der Waals surface area contributed by atoms with Gasteiger partial charge in [0.15, 0.2) is 5.82 Å². The van der Waals surface area contributed by atoms with Crippen molar-refractivity contribution in [3.8, 4) is 21.2 Å². The number of halogens is 1. The number of rotatable bonds is 28. The molecule has 0 bridgehead atoms. The van der Waals surface area contributed by atoms with Gasteiger partial charge in [0.2, 0.25) is 17.7 Å². The number of carbonyl (C=O) groups excluding carboxylic acids is 4. The fraction of sp³-hybridized carbons (Fsp3) is 0.467. The van der Waals surface area contributed by atoms with E-state index < -0.39 is 30.1 Å². The number of nitrogens with zero attached hydrogens (tertiary/aromatic N) is 7. The second-order valence-corrected chi connectivity index (χ2v) is 23.4. The molecule has 436 valence electrons. The number of amides is 4. The first-order valence-corrected chi connectivity index (χ1v) is 30.0. The summed E-state index contributed by atoms with van der Waals surface area (Å²) >= 11 is 9.44. The van der Waals surface area contributed by atoms with E-state index in [1.807, 2.05) is 92.9 Å². The normalized spacial score (nSPS) is 16.9. The molecule has 4 atom stereocenters. The lowest BCUT2D eigenvalue weighted by atomic mass is 9.99. The molecule has 1 saturated heterocycles. The van der Waals surface area contributed by atoms with Crippen molar-refractivity contribution in [2.45, 2.75) is 105 Å². The molecule has 0 spiro atoms. The van der Waals surface area contributed by atoms with Crippen LogP contribution in [0, 0.1) is 33.6 Å². The quantitative estimate of drug-likeness (QED) is 0.0398. The van der Waals surface area contributed by atoms with Crippen LogP contribution in [0.15, 0.2) is 77.2 Å². The highest BCUT2D eigenvalue weighted by molar-refractivity contribution is 7.15. The second-order valence-electron chi connectivity index (χ2n) is 20.9. The monoisotopic (exact) mass is 1180 g/mol. The zero-order chi connectivity index (χ0) is 57.9. The number of aliphatic imine (C=N–C) groups is 1. The lowest BCUT2D eigenvalue weighted by Crippen LogP contribution is -2.55. The third kappa shape index (κ3) is 14.3. The standard InChI is InChI=1S/C60H72ClN9O10S2/c1-36(2)54(69-33-44-11-7-8-12-47(44)58(69)74)59(75)68-34-46(71)30-49(68)57(73)63-32-43-14-13-42(55-38(4)64-35-81-55)29-50(43)80-28-27-79-26-24-77-21-10-9-20-76-23-25-78-22-19-62-51(72)31-48-56-67-66-40(6)70(56)60-52(37(3)39(5)82-60)53(65-48)41-15-17-45(61)18-16-41/h7-8,11-18,29,35-36,46,48-49,54,71H,9-10,19-28,30-34H2,1-6H3,(H,62,72)(H,63,73)/t46-,48+,49+,54?/m1/s1. The lowest BCUT2D eigenvalue weighted by molar-refractivity contribution is -0.143. The topological polar surface area (TPSA) is 221 Å². The number of aliphatic hydroxyl groups excluding tert-OH is 1. The molecule has 0 saturated carbocycles. The molecule has 1 unspecified atom stereocenters. The van der Waals surface area contributed by atoms with Gasteiger partial charge in [-0.1, -0.05) is 67.9 Å². The smallest absolute Gasteiger partial charge is 0.255 e. The van der Waals surface area contributed by atoms with Crippen LogP contribution in [0.5, 0.6) is 5.75 Å². The number of ether oxygens (including phenoxy) is 5. The molecule has 9 rings (SSSR count). The Bertz CT molecular complexity index is 3230. The van der Waals surface area contributed by atoms with E-state index in [1.54, 1.807) is 27.8 Å². The summed E-state index contributed by atoms with van der Waals surface area (Å²) in [5, 5.41) is 27.3. The molecule has 3 N–H and O–H groups in total. The van der Waals surface area contributed by atoms with Crippen LogP contribution in [0.2, 0.25) is 5.02 Å². The number of hydrogen-bond acceptors (Lipinski definition) is 16. The summed E-state index contributed by atoms with van der Waals surface area (Å²) in [6.07, 6.45) is 0.943. The summed E-state index contributed by atoms with van der Waals surface area (Å²) < 4.78 is 31.4. The summed E-state index contributed by atoms with van der Waals surface area (Å²) in [6.45, 7) is 16.3. The molecular formula is C60H72ClN9O10S2. The van der Waals surface area contributed by atoms with Gasteiger partial charge in [-0.25, -0.2) is 4.98 Å². The van der Waals surface area contributed by atoms with E-state index in [-0.39, 0.29) is 56.2 Å². The molecule has 6 aromatic rings. The minimum Gasteiger partial charge on any atom is -0.491 e. The average molecular weight is 1180 g/mol. The van der Waals surface area contributed by atoms with Gasteiger partial charge in [-0.15, -0.1) is 32.9 Å². The van der Waals surface area contributed by atoms with Crippen molar-refractivity contribution in [3.05, 3.63) is 133 Å². The number of aryl methyl sites for hydroxylation is 3. The molecule has 3 aromatic heterocycles. The van der Waals surface area contributed by atoms with Crippen LogP contribution in [-0.4, -0.2) is 155 Å². The number of likely N-dealkylation sites (tertiary alicyclic amines) is 1. The van der Waals surface area contributed by atoms with Crippen LogP contribution < -0.4 is 15.4 Å². The SMILES string of the molecule is Cc1ncsc1-c1ccc(CNC(=O)[C@@H]2C[C@@H](O)CN2C(=O)C(C(C)C)N2Cc3ccccc3C2=O)c(OCCOCCOCCCCOCCOCCNC(=O)C[C@@H]2N=C(c3ccc(Cl)cc3)c3c(sc(C)c3C)-n3c(C)nnc32)c1. The molecule has 3 aromatic carbocycles. The summed E-state index contributed by atoms with van der Waals surface area (Å²) in [6, 6.07) is 18.5. The largest absolute Gasteiger partial charge is 0.491 e. The third-order valence-corrected chi connectivity index (χ3v) is 17.2. The Kier molecular flexibility index (Phi) is 20.7. The maximum absolute atomic E-state index is 14.3. The Labute approximate surface area is 491 Å². The first-order chi connectivity index (χ1) is 39.7. The first kappa shape index (κ1) is 60.2. The van der Waals surface area contributed by atoms with E-state index in [0.29, 0.717) is 88.1 Å². The summed E-state index contributed by atoms with van der Waals surface area (Å²) in [4.78, 5) is 69.7. The number of thiophene rings is 1. The Hall–Kier alpha value is -6.43. The number of unbranched alkanes of at least 4 members (excludes halogenated alkanes) is 1. The first-order valence-electron chi connectivity index (χ1n) is 27.9. The maximum atomic E-state index is 14.3. The minimum atomic E-state index is -0.915. The van der Waals surface area contributed by atoms with E-state index in [0.717, 1.165) is 73.3 Å². The Morgan fingerprint density at radius 2 is 1.54 bits per heavy atom. The van der Waals surface area contributed by atoms with Crippen LogP contribution in [0.25, 0.3) is 15.4 Å². The fourth-order valence-corrected chi connectivity index (χ4v) is 12.7. The molecule has 82 heavy (non-hydrogen) atoms. The van der Waals surface area contributed by atoms with Gasteiger partial charge in [0.05, 0.1) is 74.0 Å². The van der Waals surface area contributed by atoms with Gasteiger partial charge in [0.25, 0.3) is 5.91 Å². The van der Waals surface area contributed by atoms with E-state index in [4.69, 9.17) is 40.3 Å². The summed E-state index contributed by atoms with van der Waals surface area (Å²) in [7, 11) is 0. The molecule has 3 aliphatic rings. The second kappa shape index (κ2) is 28.2. The maximum Gasteiger partial charge on any atom is 0.255 e. The van der Waals surface area contributed by atoms with Gasteiger partial charge in [0.1, 0.15) is 41.3 Å². The van der Waals surface area contributed by atoms with Crippen molar-refractivity contribution in [2.75, 3.05) is 72.6 Å². The zero-order valence-corrected chi connectivity index (χ0v) is 49.7. The predicted octanol–water partition coefficient (Wildman–Crippen LogP) is 7.92. The molecule has 22 heteroatoms. The molecule has 19 nitrogen and oxygen atoms in total. The molecule has 6 heterocycles. The van der Waals surface area contributed by atoms with E-state index in [2.05, 4.69) is 39.7 Å².